The Hall–Kier alpha value is -2.10. The molecule has 4 heteroatoms. The first kappa shape index (κ1) is 14.3. The summed E-state index contributed by atoms with van der Waals surface area (Å²) in [5, 5.41) is 3.07. The number of pyridine rings is 1. The highest BCUT2D eigenvalue weighted by molar-refractivity contribution is 5.95. The van der Waals surface area contributed by atoms with E-state index in [9.17, 15) is 4.79 Å². The van der Waals surface area contributed by atoms with Crippen molar-refractivity contribution in [2.24, 2.45) is 7.05 Å². The van der Waals surface area contributed by atoms with Crippen LogP contribution in [0.15, 0.2) is 30.5 Å². The minimum Gasteiger partial charge on any atom is -0.354 e. The van der Waals surface area contributed by atoms with Crippen molar-refractivity contribution in [3.8, 4) is 0 Å². The molecule has 4 nitrogen and oxygen atoms in total. The minimum atomic E-state index is -0.0537. The number of amides is 1. The van der Waals surface area contributed by atoms with E-state index in [1.807, 2.05) is 62.8 Å². The smallest absolute Gasteiger partial charge is 0.253 e. The number of hydrogen-bond donors (Lipinski definition) is 1. The highest BCUT2D eigenvalue weighted by Gasteiger charge is 2.17. The van der Waals surface area contributed by atoms with Gasteiger partial charge in [0.1, 0.15) is 0 Å². The first-order valence-corrected chi connectivity index (χ1v) is 6.89. The number of hydrogen-bond acceptors (Lipinski definition) is 2. The Labute approximate surface area is 119 Å². The number of rotatable bonds is 4. The molecule has 0 aromatic carbocycles. The summed E-state index contributed by atoms with van der Waals surface area (Å²) in [6.07, 6.45) is 2.71. The Balaban J connectivity index is 2.18. The zero-order valence-electron chi connectivity index (χ0n) is 12.5. The van der Waals surface area contributed by atoms with Crippen LogP contribution < -0.4 is 5.32 Å². The van der Waals surface area contributed by atoms with Crippen LogP contribution in [0.3, 0.4) is 0 Å². The van der Waals surface area contributed by atoms with Crippen LogP contribution >= 0.6 is 0 Å². The van der Waals surface area contributed by atoms with E-state index in [2.05, 4.69) is 10.3 Å². The van der Waals surface area contributed by atoms with Gasteiger partial charge in [-0.1, -0.05) is 13.0 Å². The summed E-state index contributed by atoms with van der Waals surface area (Å²) in [5.41, 5.74) is 3.56. The van der Waals surface area contributed by atoms with Gasteiger partial charge in [0.2, 0.25) is 0 Å². The number of carbonyl (C=O) groups excluding carboxylic acids is 1. The second kappa shape index (κ2) is 5.90. The van der Waals surface area contributed by atoms with Gasteiger partial charge in [-0.15, -0.1) is 0 Å². The fraction of sp³-hybridized carbons (Fsp3) is 0.375. The molecule has 0 radical (unpaired) electrons. The van der Waals surface area contributed by atoms with Crippen molar-refractivity contribution in [3.63, 3.8) is 0 Å². The first-order valence-electron chi connectivity index (χ1n) is 6.89. The third-order valence-electron chi connectivity index (χ3n) is 3.61. The van der Waals surface area contributed by atoms with Gasteiger partial charge in [0.25, 0.3) is 5.91 Å². The van der Waals surface area contributed by atoms with Gasteiger partial charge in [0.05, 0.1) is 17.3 Å². The lowest BCUT2D eigenvalue weighted by molar-refractivity contribution is 0.0934. The molecule has 106 valence electrons. The molecule has 1 N–H and O–H groups in total. The van der Waals surface area contributed by atoms with Crippen molar-refractivity contribution in [3.05, 3.63) is 53.1 Å². The lowest BCUT2D eigenvalue weighted by Gasteiger charge is -2.17. The van der Waals surface area contributed by atoms with Crippen LogP contribution in [-0.4, -0.2) is 15.5 Å². The number of aryl methyl sites for hydroxylation is 2. The van der Waals surface area contributed by atoms with Crippen molar-refractivity contribution >= 4 is 5.91 Å². The molecule has 0 saturated carbocycles. The van der Waals surface area contributed by atoms with Gasteiger partial charge in [0.15, 0.2) is 0 Å². The summed E-state index contributed by atoms with van der Waals surface area (Å²) < 4.78 is 1.95. The highest BCUT2D eigenvalue weighted by Crippen LogP contribution is 2.16. The van der Waals surface area contributed by atoms with E-state index in [4.69, 9.17) is 0 Å². The average Bonchev–Trinajstić information content (AvgIpc) is 2.76. The molecule has 0 fully saturated rings. The predicted molar refractivity (Wildman–Crippen MR) is 79.6 cm³/mol. The van der Waals surface area contributed by atoms with Gasteiger partial charge in [-0.05, 0) is 38.5 Å². The molecule has 0 aliphatic rings. The molecule has 2 aromatic heterocycles. The van der Waals surface area contributed by atoms with Crippen molar-refractivity contribution < 1.29 is 4.79 Å². The molecule has 2 heterocycles. The van der Waals surface area contributed by atoms with Crippen molar-refractivity contribution in [1.29, 1.82) is 0 Å². The van der Waals surface area contributed by atoms with E-state index >= 15 is 0 Å². The third kappa shape index (κ3) is 2.90. The predicted octanol–water partition coefficient (Wildman–Crippen LogP) is 2.92. The summed E-state index contributed by atoms with van der Waals surface area (Å²) in [6.45, 7) is 5.95. The van der Waals surface area contributed by atoms with Crippen molar-refractivity contribution in [1.82, 2.24) is 14.9 Å². The SMILES string of the molecule is CCC(NC(=O)c1ccn(C)c1C)c1cccc(C)n1. The molecule has 0 spiro atoms. The van der Waals surface area contributed by atoms with Crippen LogP contribution in [0, 0.1) is 13.8 Å². The van der Waals surface area contributed by atoms with Gasteiger partial charge in [-0.2, -0.15) is 0 Å². The highest BCUT2D eigenvalue weighted by atomic mass is 16.1. The van der Waals surface area contributed by atoms with Crippen LogP contribution in [0.2, 0.25) is 0 Å². The van der Waals surface area contributed by atoms with E-state index in [0.717, 1.165) is 29.1 Å². The maximum absolute atomic E-state index is 12.4. The summed E-state index contributed by atoms with van der Waals surface area (Å²) in [7, 11) is 1.94. The van der Waals surface area contributed by atoms with Gasteiger partial charge in [0, 0.05) is 24.6 Å². The fourth-order valence-electron chi connectivity index (χ4n) is 2.23. The Morgan fingerprint density at radius 3 is 2.65 bits per heavy atom. The zero-order chi connectivity index (χ0) is 14.7. The number of aromatic nitrogens is 2. The van der Waals surface area contributed by atoms with Crippen LogP contribution in [0.25, 0.3) is 0 Å². The molecule has 1 unspecified atom stereocenters. The van der Waals surface area contributed by atoms with Crippen LogP contribution in [0.1, 0.15) is 46.8 Å². The minimum absolute atomic E-state index is 0.0433. The monoisotopic (exact) mass is 271 g/mol. The fourth-order valence-corrected chi connectivity index (χ4v) is 2.23. The standard InChI is InChI=1S/C16H21N3O/c1-5-14(15-8-6-7-11(2)17-15)18-16(20)13-9-10-19(4)12(13)3/h6-10,14H,5H2,1-4H3,(H,18,20). The molecular formula is C16H21N3O. The van der Waals surface area contributed by atoms with Gasteiger partial charge >= 0.3 is 0 Å². The van der Waals surface area contributed by atoms with E-state index in [1.54, 1.807) is 0 Å². The topological polar surface area (TPSA) is 46.9 Å². The van der Waals surface area contributed by atoms with Crippen molar-refractivity contribution in [2.45, 2.75) is 33.2 Å². The van der Waals surface area contributed by atoms with Crippen LogP contribution in [0.5, 0.6) is 0 Å². The van der Waals surface area contributed by atoms with E-state index in [-0.39, 0.29) is 11.9 Å². The lowest BCUT2D eigenvalue weighted by Crippen LogP contribution is -2.29. The zero-order valence-corrected chi connectivity index (χ0v) is 12.5. The second-order valence-electron chi connectivity index (χ2n) is 5.06. The van der Waals surface area contributed by atoms with Gasteiger partial charge < -0.3 is 9.88 Å². The quantitative estimate of drug-likeness (QED) is 0.929. The Morgan fingerprint density at radius 1 is 1.35 bits per heavy atom. The second-order valence-corrected chi connectivity index (χ2v) is 5.06. The number of carbonyl (C=O) groups is 1. The lowest BCUT2D eigenvalue weighted by atomic mass is 10.1. The molecule has 0 bridgehead atoms. The van der Waals surface area contributed by atoms with Crippen molar-refractivity contribution in [2.75, 3.05) is 0 Å². The Kier molecular flexibility index (Phi) is 4.23. The molecule has 0 saturated heterocycles. The average molecular weight is 271 g/mol. The Morgan fingerprint density at radius 2 is 2.10 bits per heavy atom. The summed E-state index contributed by atoms with van der Waals surface area (Å²) >= 11 is 0. The molecule has 1 atom stereocenters. The molecule has 20 heavy (non-hydrogen) atoms. The summed E-state index contributed by atoms with van der Waals surface area (Å²) in [6, 6.07) is 7.68. The molecule has 0 aliphatic carbocycles. The molecular weight excluding hydrogens is 250 g/mol. The number of nitrogens with one attached hydrogen (secondary N) is 1. The largest absolute Gasteiger partial charge is 0.354 e. The molecule has 2 aromatic rings. The first-order chi connectivity index (χ1) is 9.52. The van der Waals surface area contributed by atoms with E-state index in [0.29, 0.717) is 0 Å². The third-order valence-corrected chi connectivity index (χ3v) is 3.61. The van der Waals surface area contributed by atoms with Crippen LogP contribution in [0.4, 0.5) is 0 Å². The van der Waals surface area contributed by atoms with Crippen LogP contribution in [-0.2, 0) is 7.05 Å². The van der Waals surface area contributed by atoms with E-state index in [1.165, 1.54) is 0 Å². The van der Waals surface area contributed by atoms with Gasteiger partial charge in [-0.25, -0.2) is 0 Å². The summed E-state index contributed by atoms with van der Waals surface area (Å²) in [4.78, 5) is 16.9. The molecule has 0 aliphatic heterocycles. The van der Waals surface area contributed by atoms with E-state index < -0.39 is 0 Å². The Bertz CT molecular complexity index is 616. The maximum atomic E-state index is 12.4. The molecule has 2 rings (SSSR count). The number of nitrogens with zero attached hydrogens (tertiary/aromatic N) is 2. The maximum Gasteiger partial charge on any atom is 0.253 e. The van der Waals surface area contributed by atoms with Gasteiger partial charge in [-0.3, -0.25) is 9.78 Å². The molecule has 1 amide bonds. The normalized spacial score (nSPS) is 12.2. The summed E-state index contributed by atoms with van der Waals surface area (Å²) in [5.74, 6) is -0.0433.